The minimum Gasteiger partial charge on any atom is -0.397 e. The van der Waals surface area contributed by atoms with Crippen LogP contribution < -0.4 is 11.1 Å². The van der Waals surface area contributed by atoms with E-state index in [2.05, 4.69) is 38.0 Å². The molecule has 0 spiro atoms. The van der Waals surface area contributed by atoms with E-state index in [4.69, 9.17) is 5.73 Å². The molecule has 118 valence electrons. The molecule has 0 fully saturated rings. The van der Waals surface area contributed by atoms with Crippen molar-refractivity contribution in [1.82, 2.24) is 4.90 Å². The zero-order chi connectivity index (χ0) is 15.8. The number of nitrogens with two attached hydrogens (primary N) is 1. The normalized spacial score (nSPS) is 12.7. The van der Waals surface area contributed by atoms with E-state index >= 15 is 0 Å². The lowest BCUT2D eigenvalue weighted by Gasteiger charge is -2.26. The van der Waals surface area contributed by atoms with Crippen molar-refractivity contribution in [1.29, 1.82) is 0 Å². The van der Waals surface area contributed by atoms with Crippen molar-refractivity contribution in [3.8, 4) is 0 Å². The molecule has 0 aliphatic carbocycles. The van der Waals surface area contributed by atoms with Crippen molar-refractivity contribution in [2.75, 3.05) is 24.6 Å². The number of nitrogen functional groups attached to an aromatic ring is 1. The molecule has 0 aliphatic rings. The van der Waals surface area contributed by atoms with E-state index in [0.29, 0.717) is 29.8 Å². The molecule has 4 heteroatoms. The van der Waals surface area contributed by atoms with Gasteiger partial charge in [-0.25, -0.2) is 0 Å². The average molecular weight is 291 g/mol. The number of para-hydroxylation sites is 2. The third kappa shape index (κ3) is 6.63. The number of amides is 1. The van der Waals surface area contributed by atoms with Crippen LogP contribution in [0.4, 0.5) is 11.4 Å². The van der Waals surface area contributed by atoms with Crippen LogP contribution >= 0.6 is 0 Å². The number of hydrogen-bond donors (Lipinski definition) is 2. The molecule has 3 N–H and O–H groups in total. The SMILES string of the molecule is CC(C)CC(C)N(C)CCCC(=O)Nc1ccccc1N. The van der Waals surface area contributed by atoms with Crippen molar-refractivity contribution < 1.29 is 4.79 Å². The molecular formula is C17H29N3O. The van der Waals surface area contributed by atoms with Gasteiger partial charge in [-0.3, -0.25) is 4.79 Å². The summed E-state index contributed by atoms with van der Waals surface area (Å²) >= 11 is 0. The molecule has 21 heavy (non-hydrogen) atoms. The molecule has 0 saturated carbocycles. The second-order valence-electron chi connectivity index (χ2n) is 6.20. The van der Waals surface area contributed by atoms with E-state index in [1.54, 1.807) is 6.07 Å². The zero-order valence-corrected chi connectivity index (χ0v) is 13.7. The van der Waals surface area contributed by atoms with Crippen LogP contribution in [0.3, 0.4) is 0 Å². The van der Waals surface area contributed by atoms with Gasteiger partial charge >= 0.3 is 0 Å². The first-order valence-corrected chi connectivity index (χ1v) is 7.74. The topological polar surface area (TPSA) is 58.4 Å². The van der Waals surface area contributed by atoms with E-state index < -0.39 is 0 Å². The minimum atomic E-state index is 0.0258. The molecule has 1 rings (SSSR count). The van der Waals surface area contributed by atoms with Gasteiger partial charge in [0, 0.05) is 12.5 Å². The van der Waals surface area contributed by atoms with E-state index in [9.17, 15) is 4.79 Å². The Balaban J connectivity index is 2.29. The summed E-state index contributed by atoms with van der Waals surface area (Å²) in [6.07, 6.45) is 2.56. The van der Waals surface area contributed by atoms with Crippen LogP contribution in [0.1, 0.15) is 40.0 Å². The number of carbonyl (C=O) groups is 1. The average Bonchev–Trinajstić information content (AvgIpc) is 2.40. The summed E-state index contributed by atoms with van der Waals surface area (Å²) in [5, 5.41) is 2.86. The summed E-state index contributed by atoms with van der Waals surface area (Å²) in [6.45, 7) is 7.65. The summed E-state index contributed by atoms with van der Waals surface area (Å²) in [6, 6.07) is 7.89. The summed E-state index contributed by atoms with van der Waals surface area (Å²) in [4.78, 5) is 14.2. The predicted octanol–water partition coefficient (Wildman–Crippen LogP) is 3.35. The highest BCUT2D eigenvalue weighted by Crippen LogP contribution is 2.17. The summed E-state index contributed by atoms with van der Waals surface area (Å²) in [7, 11) is 2.13. The van der Waals surface area contributed by atoms with Crippen LogP contribution in [0.2, 0.25) is 0 Å². The smallest absolute Gasteiger partial charge is 0.224 e. The Morgan fingerprint density at radius 3 is 2.57 bits per heavy atom. The molecule has 0 aromatic heterocycles. The van der Waals surface area contributed by atoms with Crippen molar-refractivity contribution in [2.24, 2.45) is 5.92 Å². The Morgan fingerprint density at radius 1 is 1.29 bits per heavy atom. The van der Waals surface area contributed by atoms with Crippen LogP contribution in [0.15, 0.2) is 24.3 Å². The number of carbonyl (C=O) groups excluding carboxylic acids is 1. The second kappa shape index (κ2) is 8.67. The molecule has 0 heterocycles. The van der Waals surface area contributed by atoms with E-state index in [0.717, 1.165) is 13.0 Å². The van der Waals surface area contributed by atoms with Crippen molar-refractivity contribution >= 4 is 17.3 Å². The van der Waals surface area contributed by atoms with Crippen molar-refractivity contribution in [3.05, 3.63) is 24.3 Å². The first-order valence-electron chi connectivity index (χ1n) is 7.74. The van der Waals surface area contributed by atoms with Gasteiger partial charge in [-0.15, -0.1) is 0 Å². The largest absolute Gasteiger partial charge is 0.397 e. The fourth-order valence-corrected chi connectivity index (χ4v) is 2.40. The first kappa shape index (κ1) is 17.5. The van der Waals surface area contributed by atoms with Crippen molar-refractivity contribution in [3.63, 3.8) is 0 Å². The molecule has 0 aliphatic heterocycles. The van der Waals surface area contributed by atoms with Gasteiger partial charge in [-0.05, 0) is 51.4 Å². The quantitative estimate of drug-likeness (QED) is 0.722. The van der Waals surface area contributed by atoms with E-state index in [-0.39, 0.29) is 5.91 Å². The molecule has 1 amide bonds. The maximum Gasteiger partial charge on any atom is 0.224 e. The molecule has 1 aromatic rings. The Bertz CT molecular complexity index is 445. The number of anilines is 2. The fourth-order valence-electron chi connectivity index (χ4n) is 2.40. The Kier molecular flexibility index (Phi) is 7.23. The lowest BCUT2D eigenvalue weighted by atomic mass is 10.0. The van der Waals surface area contributed by atoms with Crippen molar-refractivity contribution in [2.45, 2.75) is 46.1 Å². The predicted molar refractivity (Wildman–Crippen MR) is 90.3 cm³/mol. The maximum absolute atomic E-state index is 11.9. The Morgan fingerprint density at radius 2 is 1.95 bits per heavy atom. The van der Waals surface area contributed by atoms with Gasteiger partial charge in [-0.2, -0.15) is 0 Å². The number of rotatable bonds is 8. The van der Waals surface area contributed by atoms with E-state index in [1.165, 1.54) is 6.42 Å². The highest BCUT2D eigenvalue weighted by molar-refractivity contribution is 5.93. The van der Waals surface area contributed by atoms with Gasteiger partial charge in [-0.1, -0.05) is 26.0 Å². The highest BCUT2D eigenvalue weighted by Gasteiger charge is 2.11. The Labute approximate surface area is 128 Å². The number of benzene rings is 1. The van der Waals surface area contributed by atoms with Gasteiger partial charge in [0.1, 0.15) is 0 Å². The number of nitrogens with one attached hydrogen (secondary N) is 1. The van der Waals surface area contributed by atoms with Gasteiger partial charge in [0.2, 0.25) is 5.91 Å². The second-order valence-corrected chi connectivity index (χ2v) is 6.20. The molecule has 1 atom stereocenters. The minimum absolute atomic E-state index is 0.0258. The molecule has 1 unspecified atom stereocenters. The summed E-state index contributed by atoms with van der Waals surface area (Å²) in [5.74, 6) is 0.726. The molecular weight excluding hydrogens is 262 g/mol. The van der Waals surface area contributed by atoms with Gasteiger partial charge in [0.05, 0.1) is 11.4 Å². The lowest BCUT2D eigenvalue weighted by Crippen LogP contribution is -2.31. The van der Waals surface area contributed by atoms with E-state index in [1.807, 2.05) is 18.2 Å². The van der Waals surface area contributed by atoms with Gasteiger partial charge in [0.25, 0.3) is 0 Å². The first-order chi connectivity index (χ1) is 9.90. The van der Waals surface area contributed by atoms with Crippen LogP contribution in [0, 0.1) is 5.92 Å². The number of hydrogen-bond acceptors (Lipinski definition) is 3. The fraction of sp³-hybridized carbons (Fsp3) is 0.588. The standard InChI is InChI=1S/C17H29N3O/c1-13(2)12-14(3)20(4)11-7-10-17(21)19-16-9-6-5-8-15(16)18/h5-6,8-9,13-14H,7,10-12,18H2,1-4H3,(H,19,21). The molecule has 4 nitrogen and oxygen atoms in total. The maximum atomic E-state index is 11.9. The van der Waals surface area contributed by atoms with Crippen LogP contribution in [0.5, 0.6) is 0 Å². The van der Waals surface area contributed by atoms with Gasteiger partial charge < -0.3 is 16.0 Å². The number of nitrogens with zero attached hydrogens (tertiary/aromatic N) is 1. The van der Waals surface area contributed by atoms with Crippen LogP contribution in [0.25, 0.3) is 0 Å². The monoisotopic (exact) mass is 291 g/mol. The lowest BCUT2D eigenvalue weighted by molar-refractivity contribution is -0.116. The third-order valence-corrected chi connectivity index (χ3v) is 3.71. The molecule has 0 bridgehead atoms. The summed E-state index contributed by atoms with van der Waals surface area (Å²) in [5.41, 5.74) is 7.11. The van der Waals surface area contributed by atoms with Gasteiger partial charge in [0.15, 0.2) is 0 Å². The third-order valence-electron chi connectivity index (χ3n) is 3.71. The molecule has 1 aromatic carbocycles. The molecule has 0 radical (unpaired) electrons. The Hall–Kier alpha value is -1.55. The highest BCUT2D eigenvalue weighted by atomic mass is 16.1. The summed E-state index contributed by atoms with van der Waals surface area (Å²) < 4.78 is 0. The van der Waals surface area contributed by atoms with Crippen LogP contribution in [-0.4, -0.2) is 30.4 Å². The molecule has 0 saturated heterocycles. The van der Waals surface area contributed by atoms with Crippen LogP contribution in [-0.2, 0) is 4.79 Å². The zero-order valence-electron chi connectivity index (χ0n) is 13.7.